The predicted molar refractivity (Wildman–Crippen MR) is 108 cm³/mol. The number of fused-ring (bicyclic) bond motifs is 1. The molecule has 3 aliphatic heterocycles. The van der Waals surface area contributed by atoms with Gasteiger partial charge >= 0.3 is 0 Å². The topological polar surface area (TPSA) is 70.6 Å². The van der Waals surface area contributed by atoms with Crippen molar-refractivity contribution in [1.82, 2.24) is 14.8 Å². The minimum atomic E-state index is -3.16. The first-order chi connectivity index (χ1) is 13.5. The van der Waals surface area contributed by atoms with Gasteiger partial charge in [-0.1, -0.05) is 24.3 Å². The van der Waals surface area contributed by atoms with Crippen molar-refractivity contribution >= 4 is 26.6 Å². The molecule has 0 bridgehead atoms. The third kappa shape index (κ3) is 2.75. The number of pyridine rings is 1. The zero-order chi connectivity index (χ0) is 19.4. The van der Waals surface area contributed by atoms with Crippen molar-refractivity contribution in [3.63, 3.8) is 0 Å². The summed E-state index contributed by atoms with van der Waals surface area (Å²) >= 11 is 0. The van der Waals surface area contributed by atoms with Crippen molar-refractivity contribution in [3.05, 3.63) is 42.1 Å². The Morgan fingerprint density at radius 3 is 2.64 bits per heavy atom. The van der Waals surface area contributed by atoms with Gasteiger partial charge in [0.05, 0.1) is 11.3 Å². The average Bonchev–Trinajstić information content (AvgIpc) is 3.26. The Morgan fingerprint density at radius 1 is 1.11 bits per heavy atom. The van der Waals surface area contributed by atoms with E-state index in [-0.39, 0.29) is 17.6 Å². The molecule has 28 heavy (non-hydrogen) atoms. The molecule has 1 atom stereocenters. The van der Waals surface area contributed by atoms with Crippen LogP contribution in [0.15, 0.2) is 36.4 Å². The van der Waals surface area contributed by atoms with Gasteiger partial charge in [0.1, 0.15) is 10.4 Å². The number of para-hydroxylation sites is 1. The molecule has 7 heteroatoms. The van der Waals surface area contributed by atoms with Gasteiger partial charge in [-0.3, -0.25) is 4.79 Å². The summed E-state index contributed by atoms with van der Waals surface area (Å²) in [6.07, 6.45) is 3.12. The fraction of sp³-hybridized carbons (Fsp3) is 0.524. The predicted octanol–water partition coefficient (Wildman–Crippen LogP) is 1.96. The summed E-state index contributed by atoms with van der Waals surface area (Å²) in [7, 11) is -3.16. The van der Waals surface area contributed by atoms with Gasteiger partial charge in [0.25, 0.3) is 5.91 Å². The number of carbonyl (C=O) groups is 1. The van der Waals surface area contributed by atoms with Crippen LogP contribution in [-0.4, -0.2) is 72.3 Å². The fourth-order valence-electron chi connectivity index (χ4n) is 5.10. The van der Waals surface area contributed by atoms with Crippen LogP contribution in [0.1, 0.15) is 29.8 Å². The van der Waals surface area contributed by atoms with E-state index >= 15 is 0 Å². The fourth-order valence-corrected chi connectivity index (χ4v) is 7.50. The maximum absolute atomic E-state index is 12.9. The van der Waals surface area contributed by atoms with Gasteiger partial charge in [0, 0.05) is 25.0 Å². The molecule has 0 N–H and O–H groups in total. The summed E-state index contributed by atoms with van der Waals surface area (Å²) in [4.78, 5) is 21.5. The largest absolute Gasteiger partial charge is 0.334 e. The first-order valence-corrected chi connectivity index (χ1v) is 11.7. The van der Waals surface area contributed by atoms with Crippen LogP contribution >= 0.6 is 0 Å². The molecule has 1 unspecified atom stereocenters. The number of sulfone groups is 1. The second kappa shape index (κ2) is 6.52. The van der Waals surface area contributed by atoms with E-state index in [4.69, 9.17) is 0 Å². The minimum Gasteiger partial charge on any atom is -0.334 e. The summed E-state index contributed by atoms with van der Waals surface area (Å²) in [5.74, 6) is 0.213. The molecule has 4 heterocycles. The molecule has 0 aliphatic carbocycles. The van der Waals surface area contributed by atoms with Crippen molar-refractivity contribution in [2.24, 2.45) is 5.92 Å². The Balaban J connectivity index is 1.35. The second-order valence-electron chi connectivity index (χ2n) is 8.43. The van der Waals surface area contributed by atoms with Crippen molar-refractivity contribution in [1.29, 1.82) is 0 Å². The second-order valence-corrected chi connectivity index (χ2v) is 10.9. The van der Waals surface area contributed by atoms with E-state index in [1.54, 1.807) is 11.0 Å². The highest BCUT2D eigenvalue weighted by Crippen LogP contribution is 2.45. The Labute approximate surface area is 165 Å². The van der Waals surface area contributed by atoms with Gasteiger partial charge < -0.3 is 9.80 Å². The molecule has 2 aromatic rings. The molecule has 6 nitrogen and oxygen atoms in total. The van der Waals surface area contributed by atoms with Gasteiger partial charge in [-0.2, -0.15) is 0 Å². The highest BCUT2D eigenvalue weighted by molar-refractivity contribution is 7.93. The van der Waals surface area contributed by atoms with Crippen LogP contribution in [0.5, 0.6) is 0 Å². The summed E-state index contributed by atoms with van der Waals surface area (Å²) in [5.41, 5.74) is 1.17. The van der Waals surface area contributed by atoms with E-state index in [9.17, 15) is 13.2 Å². The van der Waals surface area contributed by atoms with Crippen molar-refractivity contribution in [2.45, 2.75) is 24.0 Å². The number of hydrogen-bond donors (Lipinski definition) is 0. The first-order valence-electron chi connectivity index (χ1n) is 10.1. The number of carbonyl (C=O) groups excluding carboxylic acids is 1. The number of amides is 1. The number of nitrogens with zero attached hydrogens (tertiary/aromatic N) is 3. The molecule has 3 fully saturated rings. The Kier molecular flexibility index (Phi) is 4.21. The number of hydrogen-bond acceptors (Lipinski definition) is 5. The highest BCUT2D eigenvalue weighted by atomic mass is 32.2. The lowest BCUT2D eigenvalue weighted by Crippen LogP contribution is -2.69. The number of rotatable bonds is 3. The molecule has 1 aromatic carbocycles. The standard InChI is InChI=1S/C21H25N3O3S/c25-20(19-8-7-16-5-1-2-6-18(16)22-19)24-14-21(15-24)17(9-12-28(21,26)27)13-23-10-3-4-11-23/h1-2,5-8,17H,3-4,9-15H2. The third-order valence-electron chi connectivity index (χ3n) is 6.80. The molecule has 1 amide bonds. The molecule has 0 radical (unpaired) electrons. The lowest BCUT2D eigenvalue weighted by molar-refractivity contribution is 0.0427. The van der Waals surface area contributed by atoms with Crippen LogP contribution in [0.4, 0.5) is 0 Å². The van der Waals surface area contributed by atoms with Gasteiger partial charge in [-0.15, -0.1) is 0 Å². The van der Waals surface area contributed by atoms with E-state index < -0.39 is 14.6 Å². The minimum absolute atomic E-state index is 0.129. The smallest absolute Gasteiger partial charge is 0.272 e. The van der Waals surface area contributed by atoms with Crippen LogP contribution in [0, 0.1) is 5.92 Å². The highest BCUT2D eigenvalue weighted by Gasteiger charge is 2.62. The van der Waals surface area contributed by atoms with E-state index in [2.05, 4.69) is 9.88 Å². The average molecular weight is 400 g/mol. The van der Waals surface area contributed by atoms with Crippen molar-refractivity contribution in [2.75, 3.05) is 38.5 Å². The zero-order valence-corrected chi connectivity index (χ0v) is 16.7. The van der Waals surface area contributed by atoms with E-state index in [1.807, 2.05) is 30.3 Å². The Bertz CT molecular complexity index is 1020. The number of likely N-dealkylation sites (tertiary alicyclic amines) is 2. The summed E-state index contributed by atoms with van der Waals surface area (Å²) < 4.78 is 25.0. The summed E-state index contributed by atoms with van der Waals surface area (Å²) in [6.45, 7) is 3.59. The molecule has 1 spiro atoms. The molecule has 3 saturated heterocycles. The molecule has 148 valence electrons. The Hall–Kier alpha value is -1.99. The van der Waals surface area contributed by atoms with Crippen molar-refractivity contribution < 1.29 is 13.2 Å². The lowest BCUT2D eigenvalue weighted by atomic mass is 9.82. The quantitative estimate of drug-likeness (QED) is 0.789. The maximum atomic E-state index is 12.9. The summed E-state index contributed by atoms with van der Waals surface area (Å²) in [6, 6.07) is 11.3. The number of aromatic nitrogens is 1. The van der Waals surface area contributed by atoms with Gasteiger partial charge in [-0.05, 0) is 50.4 Å². The maximum Gasteiger partial charge on any atom is 0.272 e. The molecule has 3 aliphatic rings. The molecule has 5 rings (SSSR count). The van der Waals surface area contributed by atoms with E-state index in [0.717, 1.165) is 37.0 Å². The molecule has 1 aromatic heterocycles. The molecular weight excluding hydrogens is 374 g/mol. The van der Waals surface area contributed by atoms with Crippen LogP contribution in [-0.2, 0) is 9.84 Å². The summed E-state index contributed by atoms with van der Waals surface area (Å²) in [5, 5.41) is 0.989. The number of benzene rings is 1. The SMILES string of the molecule is O=C(c1ccc2ccccc2n1)N1CC2(C1)C(CN1CCCC1)CCS2(=O)=O. The van der Waals surface area contributed by atoms with Crippen LogP contribution in [0.3, 0.4) is 0 Å². The Morgan fingerprint density at radius 2 is 1.86 bits per heavy atom. The van der Waals surface area contributed by atoms with Crippen LogP contribution in [0.2, 0.25) is 0 Å². The van der Waals surface area contributed by atoms with E-state index in [1.165, 1.54) is 12.8 Å². The van der Waals surface area contributed by atoms with Gasteiger partial charge in [0.2, 0.25) is 0 Å². The lowest BCUT2D eigenvalue weighted by Gasteiger charge is -2.50. The third-order valence-corrected chi connectivity index (χ3v) is 9.40. The van der Waals surface area contributed by atoms with Gasteiger partial charge in [-0.25, -0.2) is 13.4 Å². The van der Waals surface area contributed by atoms with Crippen LogP contribution in [0.25, 0.3) is 10.9 Å². The normalized spacial score (nSPS) is 26.0. The first kappa shape index (κ1) is 18.1. The van der Waals surface area contributed by atoms with Gasteiger partial charge in [0.15, 0.2) is 9.84 Å². The van der Waals surface area contributed by atoms with Crippen LogP contribution < -0.4 is 0 Å². The molecule has 0 saturated carbocycles. The molecular formula is C21H25N3O3S. The van der Waals surface area contributed by atoms with E-state index in [0.29, 0.717) is 18.8 Å². The monoisotopic (exact) mass is 399 g/mol. The zero-order valence-electron chi connectivity index (χ0n) is 15.9. The van der Waals surface area contributed by atoms with Crippen molar-refractivity contribution in [3.8, 4) is 0 Å².